The maximum absolute atomic E-state index is 14.0. The van der Waals surface area contributed by atoms with Crippen LogP contribution in [0.25, 0.3) is 33.3 Å². The zero-order chi connectivity index (χ0) is 37.3. The van der Waals surface area contributed by atoms with Crippen LogP contribution in [0.2, 0.25) is 5.02 Å². The van der Waals surface area contributed by atoms with E-state index in [0.717, 1.165) is 75.4 Å². The number of alkyl halides is 2. The standard InChI is InChI=1S/C38H37ClF2N8O4/c1-19-21(7-6-10-24(19)43-33-30-28(16-26(44-33)32(40)41)47(2)37(52)48(3)35(30)50)22-8-5-9-23(31(22)39)25-15-20-11-12-27(29(20)34(45-25)53-4)49-14-13-38(18-49)17-42-36(51)46-38/h5-10,15-16,27,32H,11-14,17-18H2,1-4H3,(H,43,44)(H2,42,46,51)/t27-,38-/m0/s1. The highest BCUT2D eigenvalue weighted by atomic mass is 35.5. The van der Waals surface area contributed by atoms with E-state index in [1.807, 2.05) is 31.2 Å². The Kier molecular flexibility index (Phi) is 8.49. The van der Waals surface area contributed by atoms with Gasteiger partial charge in [-0.25, -0.2) is 28.3 Å². The van der Waals surface area contributed by atoms with Crippen molar-refractivity contribution < 1.29 is 18.3 Å². The number of anilines is 2. The smallest absolute Gasteiger partial charge is 0.330 e. The summed E-state index contributed by atoms with van der Waals surface area (Å²) in [6.45, 7) is 4.09. The number of hydrogen-bond donors (Lipinski definition) is 3. The van der Waals surface area contributed by atoms with Gasteiger partial charge in [0.15, 0.2) is 0 Å². The van der Waals surface area contributed by atoms with Crippen LogP contribution in [-0.4, -0.2) is 62.3 Å². The molecule has 3 aromatic heterocycles. The van der Waals surface area contributed by atoms with Crippen LogP contribution in [0.15, 0.2) is 58.1 Å². The molecule has 3 aliphatic rings. The lowest BCUT2D eigenvalue weighted by atomic mass is 9.96. The number of ether oxygens (including phenoxy) is 1. The van der Waals surface area contributed by atoms with E-state index < -0.39 is 23.4 Å². The molecule has 2 aliphatic heterocycles. The number of methoxy groups -OCH3 is 1. The van der Waals surface area contributed by atoms with Crippen LogP contribution < -0.4 is 31.9 Å². The monoisotopic (exact) mass is 742 g/mol. The first-order chi connectivity index (χ1) is 25.4. The van der Waals surface area contributed by atoms with Crippen molar-refractivity contribution in [1.82, 2.24) is 34.6 Å². The third kappa shape index (κ3) is 5.71. The number of pyridine rings is 2. The Morgan fingerprint density at radius 2 is 1.79 bits per heavy atom. The number of carbonyl (C=O) groups excluding carboxylic acids is 1. The van der Waals surface area contributed by atoms with Crippen molar-refractivity contribution in [2.24, 2.45) is 14.1 Å². The molecule has 3 N–H and O–H groups in total. The lowest BCUT2D eigenvalue weighted by molar-refractivity contribution is 0.146. The number of fused-ring (bicyclic) bond motifs is 2. The predicted octanol–water partition coefficient (Wildman–Crippen LogP) is 5.76. The fourth-order valence-corrected chi connectivity index (χ4v) is 8.50. The largest absolute Gasteiger partial charge is 0.481 e. The van der Waals surface area contributed by atoms with Gasteiger partial charge in [0, 0.05) is 62.1 Å². The molecular formula is C38H37ClF2N8O4. The average Bonchev–Trinajstić information content (AvgIpc) is 3.87. The fraction of sp³-hybridized carbons (Fsp3) is 0.342. The summed E-state index contributed by atoms with van der Waals surface area (Å²) in [6, 6.07) is 14.3. The summed E-state index contributed by atoms with van der Waals surface area (Å²) < 4.78 is 36.0. The SMILES string of the molecule is COc1nc(-c2cccc(-c3cccc(Nc4nc(C(F)F)cc5c4c(=O)n(C)c(=O)n5C)c3C)c2Cl)cc2c1[C@@H](N1CC[C@]3(CNC(=O)N3)C1)CC2. The Morgan fingerprint density at radius 1 is 1.04 bits per heavy atom. The molecule has 2 atom stereocenters. The minimum atomic E-state index is -2.93. The van der Waals surface area contributed by atoms with E-state index in [-0.39, 0.29) is 34.3 Å². The molecule has 0 radical (unpaired) electrons. The number of nitrogens with zero attached hydrogens (tertiary/aromatic N) is 5. The molecule has 1 spiro atoms. The first-order valence-electron chi connectivity index (χ1n) is 17.3. The number of amides is 2. The molecule has 53 heavy (non-hydrogen) atoms. The van der Waals surface area contributed by atoms with Gasteiger partial charge >= 0.3 is 11.7 Å². The third-order valence-electron chi connectivity index (χ3n) is 11.0. The number of carbonyl (C=O) groups is 1. The van der Waals surface area contributed by atoms with Crippen molar-refractivity contribution in [3.05, 3.63) is 96.8 Å². The number of benzene rings is 2. The van der Waals surface area contributed by atoms with Gasteiger partial charge in [0.25, 0.3) is 12.0 Å². The molecule has 5 aromatic rings. The first-order valence-corrected chi connectivity index (χ1v) is 17.7. The molecule has 2 amide bonds. The Labute approximate surface area is 307 Å². The van der Waals surface area contributed by atoms with E-state index in [1.165, 1.54) is 14.1 Å². The number of aromatic nitrogens is 4. The summed E-state index contributed by atoms with van der Waals surface area (Å²) in [7, 11) is 4.38. The number of likely N-dealkylation sites (tertiary alicyclic amines) is 1. The van der Waals surface area contributed by atoms with Crippen LogP contribution in [0.3, 0.4) is 0 Å². The second-order valence-electron chi connectivity index (χ2n) is 14.0. The Bertz CT molecular complexity index is 2470. The fourth-order valence-electron chi connectivity index (χ4n) is 8.18. The topological polar surface area (TPSA) is 135 Å². The molecule has 2 saturated heterocycles. The summed E-state index contributed by atoms with van der Waals surface area (Å²) in [5.74, 6) is 0.461. The minimum absolute atomic E-state index is 0.00857. The molecule has 274 valence electrons. The Balaban J connectivity index is 1.15. The summed E-state index contributed by atoms with van der Waals surface area (Å²) in [5, 5.41) is 9.62. The zero-order valence-corrected chi connectivity index (χ0v) is 30.3. The molecular weight excluding hydrogens is 706 g/mol. The van der Waals surface area contributed by atoms with Crippen LogP contribution in [-0.2, 0) is 20.5 Å². The normalized spacial score (nSPS) is 19.6. The van der Waals surface area contributed by atoms with E-state index in [4.69, 9.17) is 21.3 Å². The van der Waals surface area contributed by atoms with Crippen molar-refractivity contribution in [2.45, 2.75) is 44.2 Å². The lowest BCUT2D eigenvalue weighted by Gasteiger charge is -2.28. The van der Waals surface area contributed by atoms with Crippen molar-refractivity contribution in [1.29, 1.82) is 0 Å². The number of rotatable bonds is 7. The predicted molar refractivity (Wildman–Crippen MR) is 198 cm³/mol. The van der Waals surface area contributed by atoms with Gasteiger partial charge in [-0.2, -0.15) is 0 Å². The van der Waals surface area contributed by atoms with E-state index in [0.29, 0.717) is 34.4 Å². The molecule has 15 heteroatoms. The van der Waals surface area contributed by atoms with Crippen LogP contribution in [0.5, 0.6) is 5.88 Å². The van der Waals surface area contributed by atoms with E-state index in [9.17, 15) is 23.2 Å². The summed E-state index contributed by atoms with van der Waals surface area (Å²) >= 11 is 7.20. The molecule has 12 nitrogen and oxygen atoms in total. The number of halogens is 3. The quantitative estimate of drug-likeness (QED) is 0.192. The highest BCUT2D eigenvalue weighted by molar-refractivity contribution is 6.36. The van der Waals surface area contributed by atoms with Gasteiger partial charge in [-0.05, 0) is 61.1 Å². The van der Waals surface area contributed by atoms with Gasteiger partial charge < -0.3 is 20.7 Å². The number of nitrogens with one attached hydrogen (secondary N) is 3. The van der Waals surface area contributed by atoms with Gasteiger partial charge in [-0.1, -0.05) is 41.9 Å². The lowest BCUT2D eigenvalue weighted by Crippen LogP contribution is -2.46. The second kappa shape index (κ2) is 13.0. The minimum Gasteiger partial charge on any atom is -0.481 e. The average molecular weight is 743 g/mol. The van der Waals surface area contributed by atoms with Gasteiger partial charge in [0.1, 0.15) is 16.9 Å². The maximum atomic E-state index is 14.0. The number of aryl methyl sites for hydroxylation is 2. The van der Waals surface area contributed by atoms with E-state index in [1.54, 1.807) is 19.2 Å². The molecule has 2 aromatic carbocycles. The molecule has 0 unspecified atom stereocenters. The zero-order valence-electron chi connectivity index (χ0n) is 29.5. The van der Waals surface area contributed by atoms with Crippen molar-refractivity contribution in [3.63, 3.8) is 0 Å². The molecule has 2 fully saturated rings. The first kappa shape index (κ1) is 34.7. The van der Waals surface area contributed by atoms with Gasteiger partial charge in [-0.3, -0.25) is 18.8 Å². The van der Waals surface area contributed by atoms with Crippen molar-refractivity contribution in [2.75, 3.05) is 32.1 Å². The maximum Gasteiger partial charge on any atom is 0.330 e. The van der Waals surface area contributed by atoms with Crippen LogP contribution in [0.1, 0.15) is 47.7 Å². The van der Waals surface area contributed by atoms with E-state index >= 15 is 0 Å². The highest BCUT2D eigenvalue weighted by Crippen LogP contribution is 2.46. The molecule has 1 aliphatic carbocycles. The molecule has 0 bridgehead atoms. The summed E-state index contributed by atoms with van der Waals surface area (Å²) in [6.07, 6.45) is -0.306. The van der Waals surface area contributed by atoms with Gasteiger partial charge in [0.05, 0.1) is 28.9 Å². The molecule has 0 saturated carbocycles. The summed E-state index contributed by atoms with van der Waals surface area (Å²) in [5.41, 5.74) is 4.25. The van der Waals surface area contributed by atoms with Gasteiger partial charge in [-0.15, -0.1) is 0 Å². The molecule has 5 heterocycles. The van der Waals surface area contributed by atoms with E-state index in [2.05, 4.69) is 31.9 Å². The second-order valence-corrected chi connectivity index (χ2v) is 14.4. The number of hydrogen-bond acceptors (Lipinski definition) is 8. The number of urea groups is 1. The third-order valence-corrected chi connectivity index (χ3v) is 11.4. The Morgan fingerprint density at radius 3 is 2.53 bits per heavy atom. The van der Waals surface area contributed by atoms with Crippen LogP contribution in [0.4, 0.5) is 25.1 Å². The van der Waals surface area contributed by atoms with Crippen molar-refractivity contribution >= 4 is 40.0 Å². The molecule has 8 rings (SSSR count). The highest BCUT2D eigenvalue weighted by Gasteiger charge is 2.47. The van der Waals surface area contributed by atoms with Crippen LogP contribution >= 0.6 is 11.6 Å². The van der Waals surface area contributed by atoms with Crippen LogP contribution in [0, 0.1) is 6.92 Å². The summed E-state index contributed by atoms with van der Waals surface area (Å²) in [4.78, 5) is 49.4. The van der Waals surface area contributed by atoms with Crippen molar-refractivity contribution in [3.8, 4) is 28.3 Å². The Hall–Kier alpha value is -5.34. The van der Waals surface area contributed by atoms with Gasteiger partial charge in [0.2, 0.25) is 5.88 Å².